The zero-order chi connectivity index (χ0) is 15.1. The molecule has 0 aromatic carbocycles. The molecule has 0 spiro atoms. The van der Waals surface area contributed by atoms with Crippen molar-refractivity contribution in [1.29, 1.82) is 0 Å². The monoisotopic (exact) mass is 307 g/mol. The fourth-order valence-corrected chi connectivity index (χ4v) is 2.34. The maximum Gasteiger partial charge on any atom is 0.411 e. The first-order chi connectivity index (χ1) is 10.0. The predicted octanol–water partition coefficient (Wildman–Crippen LogP) is 2.12. The molecule has 1 fully saturated rings. The third-order valence-corrected chi connectivity index (χ3v) is 3.47. The van der Waals surface area contributed by atoms with Gasteiger partial charge in [-0.05, 0) is 38.3 Å². The van der Waals surface area contributed by atoms with Crippen molar-refractivity contribution >= 4 is 0 Å². The zero-order valence-electron chi connectivity index (χ0n) is 11.8. The highest BCUT2D eigenvalue weighted by Gasteiger charge is 2.27. The molecule has 1 aliphatic heterocycles. The number of rotatable bonds is 7. The molecule has 0 atom stereocenters. The van der Waals surface area contributed by atoms with Gasteiger partial charge >= 0.3 is 6.18 Å². The molecule has 120 valence electrons. The molecule has 0 aliphatic carbocycles. The Labute approximate surface area is 121 Å². The molecular weight excluding hydrogens is 287 g/mol. The lowest BCUT2D eigenvalue weighted by molar-refractivity contribution is -0.173. The topological polar surface area (TPSA) is 60.2 Å². The second kappa shape index (κ2) is 7.74. The number of ether oxygens (including phenoxy) is 1. The number of nitrogens with zero attached hydrogens (tertiary/aromatic N) is 2. The maximum absolute atomic E-state index is 11.9. The summed E-state index contributed by atoms with van der Waals surface area (Å²) in [5, 5.41) is 7.07. The lowest BCUT2D eigenvalue weighted by Gasteiger charge is -2.21. The van der Waals surface area contributed by atoms with Gasteiger partial charge in [-0.3, -0.25) is 0 Å². The average Bonchev–Trinajstić information content (AvgIpc) is 2.89. The number of aryl methyl sites for hydroxylation is 1. The first-order valence-electron chi connectivity index (χ1n) is 7.19. The van der Waals surface area contributed by atoms with E-state index in [1.54, 1.807) is 0 Å². The molecule has 2 heterocycles. The number of hydrogen-bond acceptors (Lipinski definition) is 5. The minimum atomic E-state index is -4.29. The number of nitrogens with one attached hydrogen (secondary N) is 1. The minimum absolute atomic E-state index is 0.0627. The summed E-state index contributed by atoms with van der Waals surface area (Å²) < 4.78 is 45.3. The van der Waals surface area contributed by atoms with Crippen molar-refractivity contribution in [3.63, 3.8) is 0 Å². The van der Waals surface area contributed by atoms with Gasteiger partial charge in [0.05, 0.1) is 6.61 Å². The van der Waals surface area contributed by atoms with Crippen LogP contribution in [0.3, 0.4) is 0 Å². The van der Waals surface area contributed by atoms with E-state index in [0.29, 0.717) is 17.6 Å². The van der Waals surface area contributed by atoms with Crippen LogP contribution in [-0.2, 0) is 17.6 Å². The zero-order valence-corrected chi connectivity index (χ0v) is 11.8. The Balaban J connectivity index is 1.64. The predicted molar refractivity (Wildman–Crippen MR) is 68.8 cm³/mol. The number of halogens is 3. The highest BCUT2D eigenvalue weighted by molar-refractivity contribution is 4.87. The molecule has 1 aliphatic rings. The van der Waals surface area contributed by atoms with E-state index < -0.39 is 12.8 Å². The molecule has 2 rings (SSSR count). The Kier molecular flexibility index (Phi) is 5.98. The van der Waals surface area contributed by atoms with Crippen molar-refractivity contribution < 1.29 is 22.4 Å². The van der Waals surface area contributed by atoms with E-state index in [1.165, 1.54) is 0 Å². The quantitative estimate of drug-likeness (QED) is 0.782. The Morgan fingerprint density at radius 1 is 1.24 bits per heavy atom. The highest BCUT2D eigenvalue weighted by atomic mass is 19.4. The second-order valence-electron chi connectivity index (χ2n) is 5.25. The maximum atomic E-state index is 11.9. The number of hydrogen-bond donors (Lipinski definition) is 1. The molecule has 21 heavy (non-hydrogen) atoms. The summed E-state index contributed by atoms with van der Waals surface area (Å²) in [6, 6.07) is 0. The van der Waals surface area contributed by atoms with Gasteiger partial charge in [0.2, 0.25) is 5.89 Å². The van der Waals surface area contributed by atoms with Gasteiger partial charge in [-0.25, -0.2) is 0 Å². The van der Waals surface area contributed by atoms with Crippen molar-refractivity contribution in [2.45, 2.75) is 38.3 Å². The molecule has 5 nitrogen and oxygen atoms in total. The average molecular weight is 307 g/mol. The minimum Gasteiger partial charge on any atom is -0.372 e. The van der Waals surface area contributed by atoms with Gasteiger partial charge in [-0.2, -0.15) is 18.2 Å². The number of alkyl halides is 3. The smallest absolute Gasteiger partial charge is 0.372 e. The molecule has 1 aromatic heterocycles. The third-order valence-electron chi connectivity index (χ3n) is 3.47. The van der Waals surface area contributed by atoms with Crippen LogP contribution in [0.15, 0.2) is 4.52 Å². The van der Waals surface area contributed by atoms with E-state index in [-0.39, 0.29) is 13.0 Å². The SMILES string of the molecule is FC(F)(F)COCCc1noc(CCC2CCNCC2)n1. The Morgan fingerprint density at radius 3 is 2.71 bits per heavy atom. The number of aromatic nitrogens is 2. The van der Waals surface area contributed by atoms with E-state index in [1.807, 2.05) is 0 Å². The van der Waals surface area contributed by atoms with Crippen LogP contribution >= 0.6 is 0 Å². The number of piperidine rings is 1. The van der Waals surface area contributed by atoms with Crippen molar-refractivity contribution in [3.05, 3.63) is 11.7 Å². The van der Waals surface area contributed by atoms with Crippen LogP contribution in [-0.4, -0.2) is 42.6 Å². The second-order valence-corrected chi connectivity index (χ2v) is 5.25. The van der Waals surface area contributed by atoms with Gasteiger partial charge in [-0.1, -0.05) is 5.16 Å². The van der Waals surface area contributed by atoms with Crippen molar-refractivity contribution in [2.24, 2.45) is 5.92 Å². The molecule has 0 unspecified atom stereocenters. The van der Waals surface area contributed by atoms with Crippen LogP contribution in [0, 0.1) is 5.92 Å². The summed E-state index contributed by atoms with van der Waals surface area (Å²) in [6.45, 7) is 0.798. The molecule has 0 bridgehead atoms. The van der Waals surface area contributed by atoms with Crippen LogP contribution < -0.4 is 5.32 Å². The molecule has 0 saturated carbocycles. The van der Waals surface area contributed by atoms with E-state index in [2.05, 4.69) is 20.2 Å². The normalized spacial score (nSPS) is 17.3. The summed E-state index contributed by atoms with van der Waals surface area (Å²) >= 11 is 0. The van der Waals surface area contributed by atoms with Crippen molar-refractivity contribution in [1.82, 2.24) is 15.5 Å². The summed E-state index contributed by atoms with van der Waals surface area (Å²) in [7, 11) is 0. The highest BCUT2D eigenvalue weighted by Crippen LogP contribution is 2.18. The largest absolute Gasteiger partial charge is 0.411 e. The van der Waals surface area contributed by atoms with Gasteiger partial charge < -0.3 is 14.6 Å². The van der Waals surface area contributed by atoms with Gasteiger partial charge in [0.25, 0.3) is 0 Å². The molecule has 0 radical (unpaired) electrons. The molecular formula is C13H20F3N3O2. The molecule has 1 N–H and O–H groups in total. The fraction of sp³-hybridized carbons (Fsp3) is 0.846. The fourth-order valence-electron chi connectivity index (χ4n) is 2.34. The first kappa shape index (κ1) is 16.2. The summed E-state index contributed by atoms with van der Waals surface area (Å²) in [4.78, 5) is 4.17. The van der Waals surface area contributed by atoms with E-state index in [0.717, 1.165) is 38.8 Å². The molecule has 8 heteroatoms. The van der Waals surface area contributed by atoms with Gasteiger partial charge in [0.1, 0.15) is 6.61 Å². The van der Waals surface area contributed by atoms with E-state index >= 15 is 0 Å². The third kappa shape index (κ3) is 6.43. The summed E-state index contributed by atoms with van der Waals surface area (Å²) in [5.41, 5.74) is 0. The van der Waals surface area contributed by atoms with Gasteiger partial charge in [0.15, 0.2) is 5.82 Å². The lowest BCUT2D eigenvalue weighted by atomic mass is 9.93. The molecule has 0 amide bonds. The van der Waals surface area contributed by atoms with Crippen molar-refractivity contribution in [3.8, 4) is 0 Å². The first-order valence-corrected chi connectivity index (χ1v) is 7.19. The molecule has 1 saturated heterocycles. The standard InChI is InChI=1S/C13H20F3N3O2/c14-13(15,16)9-20-8-5-11-18-12(21-19-11)2-1-10-3-6-17-7-4-10/h10,17H,1-9H2. The van der Waals surface area contributed by atoms with Gasteiger partial charge in [0, 0.05) is 12.8 Å². The van der Waals surface area contributed by atoms with E-state index in [4.69, 9.17) is 4.52 Å². The summed E-state index contributed by atoms with van der Waals surface area (Å²) in [6.07, 6.45) is -0.0162. The van der Waals surface area contributed by atoms with Crippen molar-refractivity contribution in [2.75, 3.05) is 26.3 Å². The van der Waals surface area contributed by atoms with Crippen LogP contribution in [0.5, 0.6) is 0 Å². The molecule has 1 aromatic rings. The lowest BCUT2D eigenvalue weighted by Crippen LogP contribution is -2.27. The van der Waals surface area contributed by atoms with E-state index in [9.17, 15) is 13.2 Å². The summed E-state index contributed by atoms with van der Waals surface area (Å²) in [5.74, 6) is 1.63. The van der Waals surface area contributed by atoms with Crippen LogP contribution in [0.25, 0.3) is 0 Å². The Morgan fingerprint density at radius 2 is 2.00 bits per heavy atom. The van der Waals surface area contributed by atoms with Crippen LogP contribution in [0.2, 0.25) is 0 Å². The van der Waals surface area contributed by atoms with Gasteiger partial charge in [-0.15, -0.1) is 0 Å². The van der Waals surface area contributed by atoms with Crippen LogP contribution in [0.4, 0.5) is 13.2 Å². The Hall–Kier alpha value is -1.15. The Bertz CT molecular complexity index is 417. The van der Waals surface area contributed by atoms with Crippen LogP contribution in [0.1, 0.15) is 31.0 Å².